The van der Waals surface area contributed by atoms with Crippen molar-refractivity contribution in [3.05, 3.63) is 24.5 Å². The fourth-order valence-electron chi connectivity index (χ4n) is 4.79. The van der Waals surface area contributed by atoms with E-state index in [9.17, 15) is 9.90 Å². The summed E-state index contributed by atoms with van der Waals surface area (Å²) in [5, 5.41) is 11.0. The molecule has 1 N–H and O–H groups in total. The molecule has 3 nitrogen and oxygen atoms in total. The van der Waals surface area contributed by atoms with Gasteiger partial charge in [0.05, 0.1) is 12.0 Å². The second-order valence-electron chi connectivity index (χ2n) is 7.06. The number of hydrogen-bond donors (Lipinski definition) is 1. The highest BCUT2D eigenvalue weighted by Gasteiger charge is 2.75. The standard InChI is InChI=1S/C18H26O3/c1-4-8-14-15(19)11-18(12(2)21-17(14,18)3)16(20)13-9-6-5-7-10-13/h6,9,13-14,16,20H,2,4-5,7-8,10-11H2,1,3H3. The van der Waals surface area contributed by atoms with Crippen molar-refractivity contribution in [2.24, 2.45) is 17.3 Å². The minimum atomic E-state index is -0.573. The maximum atomic E-state index is 12.5. The Bertz CT molecular complexity index is 495. The van der Waals surface area contributed by atoms with Crippen LogP contribution in [0, 0.1) is 17.3 Å². The lowest BCUT2D eigenvalue weighted by Gasteiger charge is -2.59. The van der Waals surface area contributed by atoms with E-state index in [1.54, 1.807) is 0 Å². The molecule has 0 spiro atoms. The van der Waals surface area contributed by atoms with Crippen LogP contribution in [0.2, 0.25) is 0 Å². The average molecular weight is 290 g/mol. The van der Waals surface area contributed by atoms with Crippen molar-refractivity contribution in [2.45, 2.75) is 64.1 Å². The molecule has 1 saturated carbocycles. The lowest BCUT2D eigenvalue weighted by atomic mass is 9.59. The van der Waals surface area contributed by atoms with Gasteiger partial charge in [-0.2, -0.15) is 0 Å². The molecule has 2 aliphatic carbocycles. The van der Waals surface area contributed by atoms with E-state index in [0.717, 1.165) is 32.1 Å². The summed E-state index contributed by atoms with van der Waals surface area (Å²) in [4.78, 5) is 12.5. The summed E-state index contributed by atoms with van der Waals surface area (Å²) in [7, 11) is 0. The third kappa shape index (κ3) is 1.79. The number of ether oxygens (including phenoxy) is 1. The van der Waals surface area contributed by atoms with E-state index in [-0.39, 0.29) is 17.6 Å². The van der Waals surface area contributed by atoms with Crippen molar-refractivity contribution in [1.82, 2.24) is 0 Å². The predicted octanol–water partition coefficient (Wildman–Crippen LogP) is 3.38. The second kappa shape index (κ2) is 4.98. The van der Waals surface area contributed by atoms with Gasteiger partial charge in [0, 0.05) is 12.3 Å². The number of Topliss-reactive ketones (excluding diaryl/α,β-unsaturated/α-hetero) is 1. The Hall–Kier alpha value is -1.09. The summed E-state index contributed by atoms with van der Waals surface area (Å²) >= 11 is 0. The molecule has 21 heavy (non-hydrogen) atoms. The van der Waals surface area contributed by atoms with Crippen LogP contribution in [0.3, 0.4) is 0 Å². The maximum Gasteiger partial charge on any atom is 0.141 e. The fraction of sp³-hybridized carbons (Fsp3) is 0.722. The van der Waals surface area contributed by atoms with Crippen LogP contribution in [-0.2, 0) is 9.53 Å². The molecule has 116 valence electrons. The molecule has 5 unspecified atom stereocenters. The van der Waals surface area contributed by atoms with Crippen molar-refractivity contribution >= 4 is 5.78 Å². The summed E-state index contributed by atoms with van der Waals surface area (Å²) < 4.78 is 5.90. The first-order chi connectivity index (χ1) is 9.97. The van der Waals surface area contributed by atoms with Gasteiger partial charge in [0.1, 0.15) is 22.6 Å². The summed E-state index contributed by atoms with van der Waals surface area (Å²) in [5.74, 6) is 0.863. The summed E-state index contributed by atoms with van der Waals surface area (Å²) in [5.41, 5.74) is -1.14. The van der Waals surface area contributed by atoms with Crippen LogP contribution >= 0.6 is 0 Å². The number of rotatable bonds is 4. The Morgan fingerprint density at radius 3 is 2.90 bits per heavy atom. The number of carbonyl (C=O) groups excluding carboxylic acids is 1. The first kappa shape index (κ1) is 14.8. The van der Waals surface area contributed by atoms with Crippen LogP contribution in [-0.4, -0.2) is 22.6 Å². The van der Waals surface area contributed by atoms with Crippen molar-refractivity contribution in [1.29, 1.82) is 0 Å². The van der Waals surface area contributed by atoms with E-state index < -0.39 is 17.1 Å². The lowest BCUT2D eigenvalue weighted by Crippen LogP contribution is -2.65. The van der Waals surface area contributed by atoms with Gasteiger partial charge in [-0.25, -0.2) is 0 Å². The van der Waals surface area contributed by atoms with Crippen molar-refractivity contribution in [2.75, 3.05) is 0 Å². The minimum Gasteiger partial charge on any atom is -0.490 e. The van der Waals surface area contributed by atoms with E-state index in [2.05, 4.69) is 25.7 Å². The van der Waals surface area contributed by atoms with Crippen LogP contribution in [0.25, 0.3) is 0 Å². The van der Waals surface area contributed by atoms with Crippen LogP contribution in [0.1, 0.15) is 52.4 Å². The Morgan fingerprint density at radius 1 is 1.57 bits per heavy atom. The Morgan fingerprint density at radius 2 is 2.33 bits per heavy atom. The topological polar surface area (TPSA) is 46.5 Å². The molecule has 3 heteroatoms. The monoisotopic (exact) mass is 290 g/mol. The molecule has 0 aromatic rings. The highest BCUT2D eigenvalue weighted by Crippen LogP contribution is 2.67. The Balaban J connectivity index is 1.94. The molecule has 1 saturated heterocycles. The zero-order valence-corrected chi connectivity index (χ0v) is 13.1. The number of aliphatic hydroxyl groups is 1. The number of fused-ring (bicyclic) bond motifs is 1. The zero-order chi connectivity index (χ0) is 15.3. The van der Waals surface area contributed by atoms with E-state index in [4.69, 9.17) is 4.74 Å². The van der Waals surface area contributed by atoms with Gasteiger partial charge in [-0.15, -0.1) is 0 Å². The highest BCUT2D eigenvalue weighted by molar-refractivity contribution is 5.88. The number of allylic oxidation sites excluding steroid dienone is 1. The number of hydrogen-bond acceptors (Lipinski definition) is 3. The first-order valence-electron chi connectivity index (χ1n) is 8.23. The first-order valence-corrected chi connectivity index (χ1v) is 8.23. The lowest BCUT2D eigenvalue weighted by molar-refractivity contribution is -0.243. The molecule has 0 radical (unpaired) electrons. The SMILES string of the molecule is C=C1OC2(C)C(CCC)C(=O)CC12C(O)C1C=CCCC1. The normalized spacial score (nSPS) is 43.2. The third-order valence-electron chi connectivity index (χ3n) is 6.00. The molecule has 0 aromatic heterocycles. The van der Waals surface area contributed by atoms with Gasteiger partial charge < -0.3 is 9.84 Å². The molecular weight excluding hydrogens is 264 g/mol. The molecule has 0 amide bonds. The van der Waals surface area contributed by atoms with Gasteiger partial charge in [0.2, 0.25) is 0 Å². The van der Waals surface area contributed by atoms with E-state index in [1.165, 1.54) is 0 Å². The highest BCUT2D eigenvalue weighted by atomic mass is 16.5. The smallest absolute Gasteiger partial charge is 0.141 e. The van der Waals surface area contributed by atoms with Crippen molar-refractivity contribution in [3.8, 4) is 0 Å². The molecule has 1 heterocycles. The fourth-order valence-corrected chi connectivity index (χ4v) is 4.79. The van der Waals surface area contributed by atoms with Gasteiger partial charge in [0.25, 0.3) is 0 Å². The van der Waals surface area contributed by atoms with Crippen LogP contribution in [0.5, 0.6) is 0 Å². The third-order valence-corrected chi connectivity index (χ3v) is 6.00. The largest absolute Gasteiger partial charge is 0.490 e. The molecule has 0 bridgehead atoms. The molecule has 3 rings (SSSR count). The average Bonchev–Trinajstić information content (AvgIpc) is 2.65. The molecule has 0 aromatic carbocycles. The van der Waals surface area contributed by atoms with Crippen LogP contribution in [0.15, 0.2) is 24.5 Å². The van der Waals surface area contributed by atoms with Crippen LogP contribution in [0.4, 0.5) is 0 Å². The second-order valence-corrected chi connectivity index (χ2v) is 7.06. The van der Waals surface area contributed by atoms with Crippen molar-refractivity contribution in [3.63, 3.8) is 0 Å². The van der Waals surface area contributed by atoms with Gasteiger partial charge in [-0.05, 0) is 32.6 Å². The van der Waals surface area contributed by atoms with Gasteiger partial charge in [-0.3, -0.25) is 4.79 Å². The molecule has 1 aliphatic heterocycles. The molecular formula is C18H26O3. The zero-order valence-electron chi connectivity index (χ0n) is 13.1. The van der Waals surface area contributed by atoms with Crippen molar-refractivity contribution < 1.29 is 14.6 Å². The van der Waals surface area contributed by atoms with Crippen LogP contribution < -0.4 is 0 Å². The molecule has 3 aliphatic rings. The minimum absolute atomic E-state index is 0.102. The predicted molar refractivity (Wildman–Crippen MR) is 81.6 cm³/mol. The molecule has 2 fully saturated rings. The number of ketones is 1. The summed E-state index contributed by atoms with van der Waals surface area (Å²) in [6, 6.07) is 0. The van der Waals surface area contributed by atoms with Gasteiger partial charge in [-0.1, -0.05) is 32.1 Å². The number of aliphatic hydroxyl groups excluding tert-OH is 1. The Kier molecular flexibility index (Phi) is 3.52. The summed E-state index contributed by atoms with van der Waals surface area (Å²) in [6.07, 6.45) is 9.04. The van der Waals surface area contributed by atoms with Gasteiger partial charge >= 0.3 is 0 Å². The van der Waals surface area contributed by atoms with E-state index in [1.807, 2.05) is 6.92 Å². The quantitative estimate of drug-likeness (QED) is 0.807. The Labute approximate surface area is 127 Å². The maximum absolute atomic E-state index is 12.5. The molecule has 5 atom stereocenters. The number of carbonyl (C=O) groups is 1. The van der Waals surface area contributed by atoms with E-state index >= 15 is 0 Å². The van der Waals surface area contributed by atoms with E-state index in [0.29, 0.717) is 12.2 Å². The summed E-state index contributed by atoms with van der Waals surface area (Å²) in [6.45, 7) is 8.10. The van der Waals surface area contributed by atoms with Gasteiger partial charge in [0.15, 0.2) is 0 Å².